The number of hydrogen-bond donors (Lipinski definition) is 2. The monoisotopic (exact) mass is 284 g/mol. The van der Waals surface area contributed by atoms with Crippen molar-refractivity contribution in [3.8, 4) is 0 Å². The number of alkyl carbamates (subject to hydrolysis) is 1. The van der Waals surface area contributed by atoms with Crippen LogP contribution >= 0.6 is 0 Å². The van der Waals surface area contributed by atoms with Crippen LogP contribution in [-0.4, -0.2) is 37.8 Å². The van der Waals surface area contributed by atoms with Crippen LogP contribution in [0.3, 0.4) is 0 Å². The number of carboxylic acid groups (broad SMARTS) is 1. The van der Waals surface area contributed by atoms with Gasteiger partial charge in [0.1, 0.15) is 11.3 Å². The van der Waals surface area contributed by atoms with Crippen LogP contribution in [0.1, 0.15) is 39.3 Å². The molecule has 0 unspecified atom stereocenters. The van der Waals surface area contributed by atoms with E-state index in [1.54, 1.807) is 31.6 Å². The van der Waals surface area contributed by atoms with Gasteiger partial charge in [-0.15, -0.1) is 5.10 Å². The smallest absolute Gasteiger partial charge is 0.407 e. The van der Waals surface area contributed by atoms with Crippen LogP contribution in [0.5, 0.6) is 0 Å². The number of nitrogens with zero attached hydrogens (tertiary/aromatic N) is 3. The lowest BCUT2D eigenvalue weighted by molar-refractivity contribution is -0.137. The summed E-state index contributed by atoms with van der Waals surface area (Å²) in [5.41, 5.74) is 0.0459. The van der Waals surface area contributed by atoms with E-state index in [2.05, 4.69) is 15.6 Å². The largest absolute Gasteiger partial charge is 0.481 e. The minimum Gasteiger partial charge on any atom is -0.481 e. The third kappa shape index (κ3) is 6.72. The summed E-state index contributed by atoms with van der Waals surface area (Å²) in [4.78, 5) is 21.8. The third-order valence-corrected chi connectivity index (χ3v) is 2.18. The van der Waals surface area contributed by atoms with Crippen molar-refractivity contribution in [1.29, 1.82) is 0 Å². The Morgan fingerprint density at radius 1 is 1.45 bits per heavy atom. The second kappa shape index (κ2) is 6.88. The SMILES string of the molecule is CC(C)(C)OC(=O)NCc1cn(CCCC(=O)O)nn1. The van der Waals surface area contributed by atoms with Crippen molar-refractivity contribution in [1.82, 2.24) is 20.3 Å². The molecule has 1 amide bonds. The highest BCUT2D eigenvalue weighted by molar-refractivity contribution is 5.67. The zero-order valence-corrected chi connectivity index (χ0v) is 11.9. The highest BCUT2D eigenvalue weighted by atomic mass is 16.6. The van der Waals surface area contributed by atoms with Crippen molar-refractivity contribution in [2.24, 2.45) is 0 Å². The molecule has 0 saturated heterocycles. The van der Waals surface area contributed by atoms with Crippen molar-refractivity contribution >= 4 is 12.1 Å². The van der Waals surface area contributed by atoms with E-state index in [1.165, 1.54) is 0 Å². The van der Waals surface area contributed by atoms with Crippen LogP contribution in [0.25, 0.3) is 0 Å². The molecule has 0 aliphatic carbocycles. The van der Waals surface area contributed by atoms with Gasteiger partial charge in [-0.1, -0.05) is 5.21 Å². The first-order valence-electron chi connectivity index (χ1n) is 6.34. The molecule has 0 fully saturated rings. The van der Waals surface area contributed by atoms with Crippen LogP contribution in [-0.2, 0) is 22.6 Å². The first-order chi connectivity index (χ1) is 9.26. The molecule has 20 heavy (non-hydrogen) atoms. The van der Waals surface area contributed by atoms with E-state index in [-0.39, 0.29) is 13.0 Å². The van der Waals surface area contributed by atoms with E-state index in [0.29, 0.717) is 18.7 Å². The van der Waals surface area contributed by atoms with Crippen LogP contribution in [0, 0.1) is 0 Å². The van der Waals surface area contributed by atoms with Gasteiger partial charge in [-0.3, -0.25) is 9.48 Å². The van der Waals surface area contributed by atoms with Crippen molar-refractivity contribution in [2.45, 2.75) is 52.3 Å². The van der Waals surface area contributed by atoms with E-state index in [4.69, 9.17) is 9.84 Å². The second-order valence-electron chi connectivity index (χ2n) is 5.33. The van der Waals surface area contributed by atoms with E-state index >= 15 is 0 Å². The Labute approximate surface area is 117 Å². The highest BCUT2D eigenvalue weighted by Gasteiger charge is 2.16. The predicted molar refractivity (Wildman–Crippen MR) is 70.0 cm³/mol. The lowest BCUT2D eigenvalue weighted by Gasteiger charge is -2.19. The molecule has 0 saturated carbocycles. The number of aryl methyl sites for hydroxylation is 1. The van der Waals surface area contributed by atoms with E-state index < -0.39 is 17.7 Å². The summed E-state index contributed by atoms with van der Waals surface area (Å²) in [6, 6.07) is 0. The molecule has 1 aromatic heterocycles. The molecule has 0 atom stereocenters. The van der Waals surface area contributed by atoms with E-state index in [9.17, 15) is 9.59 Å². The lowest BCUT2D eigenvalue weighted by Crippen LogP contribution is -2.32. The molecule has 1 heterocycles. The number of aromatic nitrogens is 3. The number of hydrogen-bond acceptors (Lipinski definition) is 5. The first kappa shape index (κ1) is 15.9. The molecule has 0 bridgehead atoms. The summed E-state index contributed by atoms with van der Waals surface area (Å²) in [6.07, 6.45) is 1.72. The maximum absolute atomic E-state index is 11.4. The van der Waals surface area contributed by atoms with Crippen LogP contribution < -0.4 is 5.32 Å². The highest BCUT2D eigenvalue weighted by Crippen LogP contribution is 2.06. The molecule has 0 aromatic carbocycles. The Morgan fingerprint density at radius 2 is 2.15 bits per heavy atom. The number of carbonyl (C=O) groups excluding carboxylic acids is 1. The molecule has 8 nitrogen and oxygen atoms in total. The number of carbonyl (C=O) groups is 2. The van der Waals surface area contributed by atoms with E-state index in [0.717, 1.165) is 0 Å². The molecule has 2 N–H and O–H groups in total. The zero-order valence-electron chi connectivity index (χ0n) is 11.9. The van der Waals surface area contributed by atoms with Gasteiger partial charge in [0.2, 0.25) is 0 Å². The van der Waals surface area contributed by atoms with Gasteiger partial charge < -0.3 is 15.2 Å². The van der Waals surface area contributed by atoms with Gasteiger partial charge in [-0.05, 0) is 27.2 Å². The molecule has 8 heteroatoms. The standard InChI is InChI=1S/C12H20N4O4/c1-12(2,3)20-11(19)13-7-9-8-16(15-14-9)6-4-5-10(17)18/h8H,4-7H2,1-3H3,(H,13,19)(H,17,18). The quantitative estimate of drug-likeness (QED) is 0.812. The number of rotatable bonds is 6. The fourth-order valence-corrected chi connectivity index (χ4v) is 1.40. The molecule has 1 aromatic rings. The topological polar surface area (TPSA) is 106 Å². The van der Waals surface area contributed by atoms with Crippen LogP contribution in [0.15, 0.2) is 6.20 Å². The summed E-state index contributed by atoms with van der Waals surface area (Å²) in [5, 5.41) is 18.8. The van der Waals surface area contributed by atoms with Gasteiger partial charge in [0.15, 0.2) is 0 Å². The zero-order chi connectivity index (χ0) is 15.2. The van der Waals surface area contributed by atoms with Gasteiger partial charge in [-0.2, -0.15) is 0 Å². The van der Waals surface area contributed by atoms with Crippen molar-refractivity contribution < 1.29 is 19.4 Å². The second-order valence-corrected chi connectivity index (χ2v) is 5.33. The first-order valence-corrected chi connectivity index (χ1v) is 6.34. The van der Waals surface area contributed by atoms with Crippen LogP contribution in [0.2, 0.25) is 0 Å². The lowest BCUT2D eigenvalue weighted by atomic mass is 10.2. The van der Waals surface area contributed by atoms with Gasteiger partial charge in [0.25, 0.3) is 0 Å². The maximum Gasteiger partial charge on any atom is 0.407 e. The third-order valence-electron chi connectivity index (χ3n) is 2.18. The molecule has 0 aliphatic heterocycles. The Balaban J connectivity index is 2.33. The Bertz CT molecular complexity index is 464. The van der Waals surface area contributed by atoms with Crippen molar-refractivity contribution in [2.75, 3.05) is 0 Å². The Morgan fingerprint density at radius 3 is 2.75 bits per heavy atom. The molecular formula is C12H20N4O4. The normalized spacial score (nSPS) is 11.2. The molecular weight excluding hydrogens is 264 g/mol. The van der Waals surface area contributed by atoms with Gasteiger partial charge in [0.05, 0.1) is 12.7 Å². The summed E-state index contributed by atoms with van der Waals surface area (Å²) in [6.45, 7) is 6.04. The van der Waals surface area contributed by atoms with Gasteiger partial charge in [-0.25, -0.2) is 4.79 Å². The predicted octanol–water partition coefficient (Wildman–Crippen LogP) is 1.17. The molecule has 0 radical (unpaired) electrons. The fourth-order valence-electron chi connectivity index (χ4n) is 1.40. The number of carboxylic acids is 1. The van der Waals surface area contributed by atoms with E-state index in [1.807, 2.05) is 0 Å². The summed E-state index contributed by atoms with van der Waals surface area (Å²) < 4.78 is 6.64. The van der Waals surface area contributed by atoms with Crippen LogP contribution in [0.4, 0.5) is 4.79 Å². The summed E-state index contributed by atoms with van der Waals surface area (Å²) in [7, 11) is 0. The molecule has 1 rings (SSSR count). The number of aliphatic carboxylic acids is 1. The Hall–Kier alpha value is -2.12. The van der Waals surface area contributed by atoms with Crippen molar-refractivity contribution in [3.63, 3.8) is 0 Å². The molecule has 0 aliphatic rings. The average molecular weight is 284 g/mol. The number of amides is 1. The Kier molecular flexibility index (Phi) is 5.48. The average Bonchev–Trinajstić information content (AvgIpc) is 2.71. The van der Waals surface area contributed by atoms with Gasteiger partial charge >= 0.3 is 12.1 Å². The van der Waals surface area contributed by atoms with Crippen molar-refractivity contribution in [3.05, 3.63) is 11.9 Å². The number of ether oxygens (including phenoxy) is 1. The molecule has 112 valence electrons. The summed E-state index contributed by atoms with van der Waals surface area (Å²) >= 11 is 0. The molecule has 0 spiro atoms. The number of nitrogens with one attached hydrogen (secondary N) is 1. The summed E-state index contributed by atoms with van der Waals surface area (Å²) in [5.74, 6) is -0.836. The minimum atomic E-state index is -0.836. The fraction of sp³-hybridized carbons (Fsp3) is 0.667. The maximum atomic E-state index is 11.4. The minimum absolute atomic E-state index is 0.0886. The van der Waals surface area contributed by atoms with Gasteiger partial charge in [0, 0.05) is 13.0 Å².